The zero-order valence-corrected chi connectivity index (χ0v) is 9.34. The monoisotopic (exact) mass is 200 g/mol. The summed E-state index contributed by atoms with van der Waals surface area (Å²) in [6.45, 7) is 8.05. The Bertz CT molecular complexity index is 182. The number of hydrogen-bond acceptors (Lipinski definition) is 2. The van der Waals surface area contributed by atoms with Crippen molar-refractivity contribution < 1.29 is 14.4 Å². The second-order valence-electron chi connectivity index (χ2n) is 4.26. The van der Waals surface area contributed by atoms with Crippen molar-refractivity contribution in [2.24, 2.45) is 5.92 Å². The molecule has 2 atom stereocenters. The van der Waals surface area contributed by atoms with Gasteiger partial charge in [-0.2, -0.15) is 0 Å². The summed E-state index contributed by atoms with van der Waals surface area (Å²) < 4.78 is 4.91. The van der Waals surface area contributed by atoms with Crippen molar-refractivity contribution >= 4 is 5.97 Å². The van der Waals surface area contributed by atoms with Crippen molar-refractivity contribution in [2.45, 2.75) is 33.1 Å². The molecule has 1 aliphatic heterocycles. The zero-order valence-electron chi connectivity index (χ0n) is 9.34. The van der Waals surface area contributed by atoms with Crippen LogP contribution in [0.15, 0.2) is 0 Å². The first-order valence-electron chi connectivity index (χ1n) is 5.71. The summed E-state index contributed by atoms with van der Waals surface area (Å²) in [6, 6.07) is 0. The van der Waals surface area contributed by atoms with Crippen LogP contribution < -0.4 is 4.90 Å². The van der Waals surface area contributed by atoms with E-state index in [4.69, 9.17) is 4.74 Å². The van der Waals surface area contributed by atoms with Gasteiger partial charge in [-0.3, -0.25) is 4.79 Å². The molecule has 0 aromatic carbocycles. The molecule has 0 spiro atoms. The molecule has 3 heteroatoms. The second-order valence-corrected chi connectivity index (χ2v) is 4.26. The summed E-state index contributed by atoms with van der Waals surface area (Å²) in [5.41, 5.74) is 0. The molecule has 0 radical (unpaired) electrons. The quantitative estimate of drug-likeness (QED) is 0.660. The fourth-order valence-electron chi connectivity index (χ4n) is 2.14. The molecule has 0 aliphatic carbocycles. The molecule has 0 aromatic heterocycles. The Hall–Kier alpha value is -0.570. The van der Waals surface area contributed by atoms with Crippen LogP contribution in [0.25, 0.3) is 0 Å². The van der Waals surface area contributed by atoms with Gasteiger partial charge in [0.2, 0.25) is 0 Å². The van der Waals surface area contributed by atoms with Gasteiger partial charge in [-0.15, -0.1) is 0 Å². The Morgan fingerprint density at radius 3 is 3.00 bits per heavy atom. The molecule has 0 amide bonds. The number of carbonyl (C=O) groups is 1. The van der Waals surface area contributed by atoms with Crippen molar-refractivity contribution in [2.75, 3.05) is 26.2 Å². The molecule has 1 fully saturated rings. The van der Waals surface area contributed by atoms with E-state index in [9.17, 15) is 4.79 Å². The largest absolute Gasteiger partial charge is 0.466 e. The summed E-state index contributed by atoms with van der Waals surface area (Å²) in [7, 11) is 0. The van der Waals surface area contributed by atoms with E-state index < -0.39 is 0 Å². The van der Waals surface area contributed by atoms with Crippen LogP contribution in [0, 0.1) is 5.92 Å². The van der Waals surface area contributed by atoms with Crippen LogP contribution in [0.4, 0.5) is 0 Å². The summed E-state index contributed by atoms with van der Waals surface area (Å²) in [6.07, 6.45) is 3.23. The third kappa shape index (κ3) is 4.09. The SMILES string of the molecule is CCOC(=O)CC[NH+]1CCC[C@H](C)C1. The Morgan fingerprint density at radius 1 is 1.57 bits per heavy atom. The number of quaternary nitrogens is 1. The second kappa shape index (κ2) is 6.02. The maximum absolute atomic E-state index is 11.1. The van der Waals surface area contributed by atoms with Gasteiger partial charge in [0.05, 0.1) is 32.7 Å². The summed E-state index contributed by atoms with van der Waals surface area (Å²) in [4.78, 5) is 12.7. The lowest BCUT2D eigenvalue weighted by Gasteiger charge is -2.27. The molecule has 0 saturated carbocycles. The lowest BCUT2D eigenvalue weighted by Crippen LogP contribution is -3.13. The zero-order chi connectivity index (χ0) is 10.4. The number of carbonyl (C=O) groups excluding carboxylic acids is 1. The number of esters is 1. The van der Waals surface area contributed by atoms with E-state index in [-0.39, 0.29) is 5.97 Å². The van der Waals surface area contributed by atoms with Gasteiger partial charge in [0.25, 0.3) is 0 Å². The van der Waals surface area contributed by atoms with E-state index in [1.54, 1.807) is 4.90 Å². The van der Waals surface area contributed by atoms with E-state index in [2.05, 4.69) is 6.92 Å². The fourth-order valence-corrected chi connectivity index (χ4v) is 2.14. The van der Waals surface area contributed by atoms with Gasteiger partial charge in [0.1, 0.15) is 0 Å². The molecular formula is C11H22NO2+. The summed E-state index contributed by atoms with van der Waals surface area (Å²) in [5, 5.41) is 0. The van der Waals surface area contributed by atoms with E-state index in [1.807, 2.05) is 6.92 Å². The van der Waals surface area contributed by atoms with E-state index in [0.29, 0.717) is 13.0 Å². The van der Waals surface area contributed by atoms with Crippen LogP contribution in [-0.4, -0.2) is 32.2 Å². The molecular weight excluding hydrogens is 178 g/mol. The van der Waals surface area contributed by atoms with Crippen LogP contribution in [0.5, 0.6) is 0 Å². The maximum Gasteiger partial charge on any atom is 0.311 e. The van der Waals surface area contributed by atoms with Gasteiger partial charge in [-0.25, -0.2) is 0 Å². The van der Waals surface area contributed by atoms with E-state index >= 15 is 0 Å². The van der Waals surface area contributed by atoms with Crippen LogP contribution in [0.3, 0.4) is 0 Å². The third-order valence-corrected chi connectivity index (χ3v) is 2.85. The number of likely N-dealkylation sites (tertiary alicyclic amines) is 1. The number of ether oxygens (including phenoxy) is 1. The molecule has 1 rings (SSSR count). The lowest BCUT2D eigenvalue weighted by molar-refractivity contribution is -0.908. The first-order chi connectivity index (χ1) is 6.72. The Balaban J connectivity index is 2.14. The molecule has 14 heavy (non-hydrogen) atoms. The van der Waals surface area contributed by atoms with Crippen LogP contribution >= 0.6 is 0 Å². The van der Waals surface area contributed by atoms with Gasteiger partial charge in [-0.1, -0.05) is 6.92 Å². The highest BCUT2D eigenvalue weighted by molar-refractivity contribution is 5.69. The highest BCUT2D eigenvalue weighted by Gasteiger charge is 2.20. The fraction of sp³-hybridized carbons (Fsp3) is 0.909. The van der Waals surface area contributed by atoms with Gasteiger partial charge < -0.3 is 9.64 Å². The Labute approximate surface area is 86.4 Å². The number of hydrogen-bond donors (Lipinski definition) is 1. The molecule has 1 saturated heterocycles. The number of nitrogens with one attached hydrogen (secondary N) is 1. The van der Waals surface area contributed by atoms with Crippen LogP contribution in [0.2, 0.25) is 0 Å². The predicted octanol–water partition coefficient (Wildman–Crippen LogP) is 0.254. The molecule has 82 valence electrons. The third-order valence-electron chi connectivity index (χ3n) is 2.85. The van der Waals surface area contributed by atoms with Gasteiger partial charge in [-0.05, 0) is 19.8 Å². The van der Waals surface area contributed by atoms with Crippen LogP contribution in [0.1, 0.15) is 33.1 Å². The maximum atomic E-state index is 11.1. The van der Waals surface area contributed by atoms with Gasteiger partial charge in [0, 0.05) is 5.92 Å². The molecule has 1 heterocycles. The minimum atomic E-state index is -0.0433. The lowest BCUT2D eigenvalue weighted by atomic mass is 10.0. The van der Waals surface area contributed by atoms with Gasteiger partial charge >= 0.3 is 5.97 Å². The number of piperidine rings is 1. The Kier molecular flexibility index (Phi) is 4.94. The first-order valence-corrected chi connectivity index (χ1v) is 5.71. The highest BCUT2D eigenvalue weighted by Crippen LogP contribution is 2.04. The summed E-state index contributed by atoms with van der Waals surface area (Å²) >= 11 is 0. The predicted molar refractivity (Wildman–Crippen MR) is 55.2 cm³/mol. The molecule has 1 N–H and O–H groups in total. The number of rotatable bonds is 4. The van der Waals surface area contributed by atoms with E-state index in [0.717, 1.165) is 12.5 Å². The van der Waals surface area contributed by atoms with Gasteiger partial charge in [0.15, 0.2) is 0 Å². The molecule has 1 unspecified atom stereocenters. The average molecular weight is 200 g/mol. The Morgan fingerprint density at radius 2 is 2.36 bits per heavy atom. The highest BCUT2D eigenvalue weighted by atomic mass is 16.5. The molecule has 0 bridgehead atoms. The van der Waals surface area contributed by atoms with E-state index in [1.165, 1.54) is 25.9 Å². The van der Waals surface area contributed by atoms with Crippen molar-refractivity contribution in [3.63, 3.8) is 0 Å². The minimum Gasteiger partial charge on any atom is -0.466 e. The molecule has 0 aromatic rings. The smallest absolute Gasteiger partial charge is 0.311 e. The molecule has 3 nitrogen and oxygen atoms in total. The summed E-state index contributed by atoms with van der Waals surface area (Å²) in [5.74, 6) is 0.777. The van der Waals surface area contributed by atoms with Crippen LogP contribution in [-0.2, 0) is 9.53 Å². The van der Waals surface area contributed by atoms with Crippen molar-refractivity contribution in [1.29, 1.82) is 0 Å². The normalized spacial score (nSPS) is 27.3. The van der Waals surface area contributed by atoms with Crippen molar-refractivity contribution in [3.8, 4) is 0 Å². The van der Waals surface area contributed by atoms with Crippen molar-refractivity contribution in [3.05, 3.63) is 0 Å². The topological polar surface area (TPSA) is 30.7 Å². The first kappa shape index (κ1) is 11.5. The van der Waals surface area contributed by atoms with Crippen molar-refractivity contribution in [1.82, 2.24) is 0 Å². The standard InChI is InChI=1S/C11H21NO2/c1-3-14-11(13)6-8-12-7-4-5-10(2)9-12/h10H,3-9H2,1-2H3/p+1/t10-/m0/s1. The minimum absolute atomic E-state index is 0.0433. The average Bonchev–Trinajstić information content (AvgIpc) is 2.15. The molecule has 1 aliphatic rings.